The first kappa shape index (κ1) is 17.6. The fourth-order valence-electron chi connectivity index (χ4n) is 1.61. The van der Waals surface area contributed by atoms with Gasteiger partial charge in [0.05, 0.1) is 0 Å². The van der Waals surface area contributed by atoms with E-state index < -0.39 is 48.4 Å². The van der Waals surface area contributed by atoms with Crippen molar-refractivity contribution in [2.75, 3.05) is 0 Å². The average molecular weight is 362 g/mol. The van der Waals surface area contributed by atoms with E-state index in [-0.39, 0.29) is 12.0 Å². The second-order valence-electron chi connectivity index (χ2n) is 5.52. The van der Waals surface area contributed by atoms with Crippen molar-refractivity contribution < 1.29 is 28.2 Å². The molecule has 0 fully saturated rings. The molecule has 0 spiro atoms. The third-order valence-electron chi connectivity index (χ3n) is 2.35. The van der Waals surface area contributed by atoms with Gasteiger partial charge in [0.15, 0.2) is 0 Å². The summed E-state index contributed by atoms with van der Waals surface area (Å²) in [6.45, 7) is 5.07. The molecule has 0 aromatic heterocycles. The average Bonchev–Trinajstić information content (AvgIpc) is 2.23. The molecule has 1 rings (SSSR count). The maximum atomic E-state index is 13.1. The van der Waals surface area contributed by atoms with Gasteiger partial charge in [0.1, 0.15) is 0 Å². The molecule has 4 nitrogen and oxygen atoms in total. The summed E-state index contributed by atoms with van der Waals surface area (Å²) in [6, 6.07) is 2.85. The standard InChI is InChI=1S/C14H17AsF2O4/c1-14(2,3)21-13(20)15-11(12(18)19)6-8-4-9(16)7-10(17)5-8/h4-5,7,11,15H,6H2,1-3H3,(H,18,19). The van der Waals surface area contributed by atoms with Gasteiger partial charge in [0.25, 0.3) is 0 Å². The topological polar surface area (TPSA) is 63.6 Å². The monoisotopic (exact) mass is 362 g/mol. The number of ether oxygens (including phenoxy) is 1. The van der Waals surface area contributed by atoms with E-state index in [1.807, 2.05) is 0 Å². The molecule has 0 aliphatic heterocycles. The second kappa shape index (κ2) is 7.03. The van der Waals surface area contributed by atoms with Crippen LogP contribution >= 0.6 is 0 Å². The van der Waals surface area contributed by atoms with Gasteiger partial charge in [0, 0.05) is 0 Å². The van der Waals surface area contributed by atoms with E-state index in [4.69, 9.17) is 9.84 Å². The summed E-state index contributed by atoms with van der Waals surface area (Å²) in [4.78, 5) is 22.9. The van der Waals surface area contributed by atoms with Gasteiger partial charge in [-0.15, -0.1) is 0 Å². The number of carboxylic acids is 1. The van der Waals surface area contributed by atoms with Crippen molar-refractivity contribution in [1.29, 1.82) is 0 Å². The van der Waals surface area contributed by atoms with Crippen molar-refractivity contribution in [1.82, 2.24) is 0 Å². The summed E-state index contributed by atoms with van der Waals surface area (Å²) in [5.41, 5.74) is -0.471. The Kier molecular flexibility index (Phi) is 5.90. The first-order chi connectivity index (χ1) is 9.56. The van der Waals surface area contributed by atoms with E-state index in [2.05, 4.69) is 0 Å². The van der Waals surface area contributed by atoms with Gasteiger partial charge in [0.2, 0.25) is 0 Å². The van der Waals surface area contributed by atoms with E-state index in [0.717, 1.165) is 12.1 Å². The van der Waals surface area contributed by atoms with E-state index in [0.29, 0.717) is 6.07 Å². The third-order valence-corrected chi connectivity index (χ3v) is 4.74. The van der Waals surface area contributed by atoms with Crippen LogP contribution in [-0.4, -0.2) is 37.2 Å². The quantitative estimate of drug-likeness (QED) is 0.819. The van der Waals surface area contributed by atoms with Gasteiger partial charge in [-0.05, 0) is 0 Å². The predicted octanol–water partition coefficient (Wildman–Crippen LogP) is 2.75. The van der Waals surface area contributed by atoms with Crippen LogP contribution in [0.25, 0.3) is 0 Å². The molecule has 0 heterocycles. The van der Waals surface area contributed by atoms with Crippen LogP contribution < -0.4 is 0 Å². The van der Waals surface area contributed by atoms with Crippen LogP contribution in [0.4, 0.5) is 13.6 Å². The van der Waals surface area contributed by atoms with E-state index in [1.54, 1.807) is 20.8 Å². The molecule has 0 amide bonds. The number of aliphatic carboxylic acids is 1. The molecular formula is C14H17AsF2O4. The molecule has 7 heteroatoms. The molecule has 0 aliphatic carbocycles. The number of carboxylic acid groups (broad SMARTS) is 1. The Balaban J connectivity index is 2.78. The minimum absolute atomic E-state index is 0.0940. The first-order valence-corrected chi connectivity index (χ1v) is 8.50. The summed E-state index contributed by atoms with van der Waals surface area (Å²) in [5, 5.41) is 9.16. The normalized spacial score (nSPS) is 13.4. The Morgan fingerprint density at radius 1 is 1.24 bits per heavy atom. The van der Waals surface area contributed by atoms with Crippen LogP contribution in [0.1, 0.15) is 26.3 Å². The molecule has 1 aromatic rings. The molecule has 1 aromatic carbocycles. The second-order valence-corrected chi connectivity index (χ2v) is 8.44. The number of carbonyl (C=O) groups is 2. The number of hydrogen-bond acceptors (Lipinski definition) is 3. The van der Waals surface area contributed by atoms with Crippen molar-refractivity contribution in [2.45, 2.75) is 37.5 Å². The Morgan fingerprint density at radius 3 is 2.19 bits per heavy atom. The van der Waals surface area contributed by atoms with Gasteiger partial charge < -0.3 is 0 Å². The molecule has 1 N–H and O–H groups in total. The SMILES string of the molecule is CC(C)(C)OC(=O)[AsH]C(Cc1cc(F)cc(F)c1)C(=O)O. The van der Waals surface area contributed by atoms with E-state index in [9.17, 15) is 18.4 Å². The van der Waals surface area contributed by atoms with Crippen molar-refractivity contribution in [3.8, 4) is 0 Å². The molecule has 2 unspecified atom stereocenters. The van der Waals surface area contributed by atoms with Gasteiger partial charge in [-0.25, -0.2) is 0 Å². The Bertz CT molecular complexity index is 520. The van der Waals surface area contributed by atoms with Crippen LogP contribution in [0.2, 0.25) is 4.71 Å². The fourth-order valence-corrected chi connectivity index (χ4v) is 3.95. The number of halogens is 2. The number of benzene rings is 1. The van der Waals surface area contributed by atoms with Gasteiger partial charge in [-0.2, -0.15) is 0 Å². The Hall–Kier alpha value is -1.42. The molecular weight excluding hydrogens is 345 g/mol. The summed E-state index contributed by atoms with van der Waals surface area (Å²) in [5.74, 6) is -2.71. The van der Waals surface area contributed by atoms with Crippen molar-refractivity contribution >= 4 is 26.5 Å². The Morgan fingerprint density at radius 2 is 1.76 bits per heavy atom. The van der Waals surface area contributed by atoms with Crippen LogP contribution in [0, 0.1) is 11.6 Å². The fraction of sp³-hybridized carbons (Fsp3) is 0.429. The molecule has 0 bridgehead atoms. The molecule has 0 saturated heterocycles. The van der Waals surface area contributed by atoms with E-state index in [1.165, 1.54) is 0 Å². The number of hydrogen-bond donors (Lipinski definition) is 1. The number of rotatable bonds is 5. The molecule has 0 saturated carbocycles. The maximum absolute atomic E-state index is 13.1. The summed E-state index contributed by atoms with van der Waals surface area (Å²) in [7, 11) is 0. The third kappa shape index (κ3) is 6.71. The van der Waals surface area contributed by atoms with Gasteiger partial charge in [-0.3, -0.25) is 0 Å². The number of carbonyl (C=O) groups excluding carboxylic acids is 1. The van der Waals surface area contributed by atoms with Gasteiger partial charge >= 0.3 is 128 Å². The van der Waals surface area contributed by atoms with Crippen LogP contribution in [0.15, 0.2) is 18.2 Å². The zero-order valence-corrected chi connectivity index (χ0v) is 14.0. The summed E-state index contributed by atoms with van der Waals surface area (Å²) < 4.78 is 29.8. The zero-order valence-electron chi connectivity index (χ0n) is 11.9. The van der Waals surface area contributed by atoms with Crippen LogP contribution in [0.5, 0.6) is 0 Å². The predicted molar refractivity (Wildman–Crippen MR) is 74.8 cm³/mol. The van der Waals surface area contributed by atoms with Gasteiger partial charge in [-0.1, -0.05) is 0 Å². The summed E-state index contributed by atoms with van der Waals surface area (Å²) >= 11 is -1.61. The van der Waals surface area contributed by atoms with Crippen molar-refractivity contribution in [3.05, 3.63) is 35.4 Å². The summed E-state index contributed by atoms with van der Waals surface area (Å²) in [6.07, 6.45) is -0.0940. The zero-order chi connectivity index (χ0) is 16.2. The van der Waals surface area contributed by atoms with E-state index >= 15 is 0 Å². The minimum atomic E-state index is -1.61. The molecule has 0 radical (unpaired) electrons. The molecule has 2 atom stereocenters. The van der Waals surface area contributed by atoms with Crippen LogP contribution in [0.3, 0.4) is 0 Å². The molecule has 116 valence electrons. The van der Waals surface area contributed by atoms with Crippen LogP contribution in [-0.2, 0) is 16.0 Å². The van der Waals surface area contributed by atoms with Crippen molar-refractivity contribution in [2.24, 2.45) is 0 Å². The molecule has 21 heavy (non-hydrogen) atoms. The first-order valence-electron chi connectivity index (χ1n) is 6.24. The van der Waals surface area contributed by atoms with Crippen molar-refractivity contribution in [3.63, 3.8) is 0 Å². The Labute approximate surface area is 128 Å². The molecule has 0 aliphatic rings.